The van der Waals surface area contributed by atoms with Crippen LogP contribution in [0.4, 0.5) is 0 Å². The van der Waals surface area contributed by atoms with E-state index in [9.17, 15) is 14.4 Å². The summed E-state index contributed by atoms with van der Waals surface area (Å²) in [5.41, 5.74) is -0.527. The predicted octanol–water partition coefficient (Wildman–Crippen LogP) is 2.56. The molecule has 6 nitrogen and oxygen atoms in total. The molecule has 1 aromatic rings. The zero-order valence-corrected chi connectivity index (χ0v) is 14.7. The lowest BCUT2D eigenvalue weighted by Gasteiger charge is -2.40. The van der Waals surface area contributed by atoms with Crippen LogP contribution in [0.1, 0.15) is 32.8 Å². The molecule has 0 saturated carbocycles. The third-order valence-electron chi connectivity index (χ3n) is 3.92. The van der Waals surface area contributed by atoms with E-state index >= 15 is 0 Å². The summed E-state index contributed by atoms with van der Waals surface area (Å²) in [5, 5.41) is 0. The van der Waals surface area contributed by atoms with Crippen molar-refractivity contribution in [1.29, 1.82) is 0 Å². The number of hydrogen-bond donors (Lipinski definition) is 0. The van der Waals surface area contributed by atoms with Crippen LogP contribution in [0, 0.1) is 5.41 Å². The van der Waals surface area contributed by atoms with Gasteiger partial charge in [0.2, 0.25) is 0 Å². The average Bonchev–Trinajstić information content (AvgIpc) is 2.52. The highest BCUT2D eigenvalue weighted by Crippen LogP contribution is 2.38. The minimum absolute atomic E-state index is 0.0331. The molecule has 1 saturated heterocycles. The molecule has 134 valence electrons. The molecule has 1 aliphatic rings. The van der Waals surface area contributed by atoms with Crippen molar-refractivity contribution in [2.24, 2.45) is 5.41 Å². The van der Waals surface area contributed by atoms with Crippen LogP contribution in [0.5, 0.6) is 0 Å². The predicted molar refractivity (Wildman–Crippen MR) is 89.2 cm³/mol. The quantitative estimate of drug-likeness (QED) is 0.447. The second-order valence-corrected chi connectivity index (χ2v) is 6.59. The Kier molecular flexibility index (Phi) is 5.30. The topological polar surface area (TPSA) is 78.9 Å². The molecule has 0 radical (unpaired) electrons. The molecule has 6 heteroatoms. The van der Waals surface area contributed by atoms with Crippen molar-refractivity contribution in [2.45, 2.75) is 39.4 Å². The summed E-state index contributed by atoms with van der Waals surface area (Å²) in [6.45, 7) is 7.89. The van der Waals surface area contributed by atoms with Gasteiger partial charge in [0.1, 0.15) is 0 Å². The summed E-state index contributed by atoms with van der Waals surface area (Å²) < 4.78 is 15.7. The lowest BCUT2D eigenvalue weighted by molar-refractivity contribution is -0.252. The molecule has 1 heterocycles. The zero-order chi connectivity index (χ0) is 18.7. The maximum Gasteiger partial charge on any atom is 0.333 e. The molecule has 0 N–H and O–H groups in total. The van der Waals surface area contributed by atoms with Crippen molar-refractivity contribution in [3.05, 3.63) is 48.0 Å². The van der Waals surface area contributed by atoms with Crippen LogP contribution in [-0.4, -0.2) is 30.3 Å². The van der Waals surface area contributed by atoms with E-state index in [-0.39, 0.29) is 25.0 Å². The summed E-state index contributed by atoms with van der Waals surface area (Å²) >= 11 is 0. The van der Waals surface area contributed by atoms with Crippen molar-refractivity contribution in [3.8, 4) is 0 Å². The summed E-state index contributed by atoms with van der Waals surface area (Å²) in [5.74, 6) is -3.25. The van der Waals surface area contributed by atoms with Crippen LogP contribution in [0.3, 0.4) is 0 Å². The first-order chi connectivity index (χ1) is 11.7. The van der Waals surface area contributed by atoms with E-state index in [1.165, 1.54) is 20.8 Å². The SMILES string of the molecule is C=C(C)C(=O)OCCC1(Cc2ccccc2)C(=O)OC(C)(C)OC1=O. The Morgan fingerprint density at radius 1 is 1.12 bits per heavy atom. The Morgan fingerprint density at radius 2 is 1.68 bits per heavy atom. The molecule has 25 heavy (non-hydrogen) atoms. The van der Waals surface area contributed by atoms with Gasteiger partial charge in [-0.1, -0.05) is 36.9 Å². The molecule has 0 amide bonds. The number of esters is 3. The molecule has 0 bridgehead atoms. The zero-order valence-electron chi connectivity index (χ0n) is 14.7. The third kappa shape index (κ3) is 4.26. The number of benzene rings is 1. The Balaban J connectivity index is 2.25. The number of carbonyl (C=O) groups is 3. The van der Waals surface area contributed by atoms with Crippen LogP contribution < -0.4 is 0 Å². The number of carbonyl (C=O) groups excluding carboxylic acids is 3. The van der Waals surface area contributed by atoms with Gasteiger partial charge >= 0.3 is 17.9 Å². The van der Waals surface area contributed by atoms with E-state index < -0.39 is 29.1 Å². The highest BCUT2D eigenvalue weighted by molar-refractivity contribution is 6.02. The van der Waals surface area contributed by atoms with Gasteiger partial charge in [-0.25, -0.2) is 4.79 Å². The fraction of sp³-hybridized carbons (Fsp3) is 0.421. The summed E-state index contributed by atoms with van der Waals surface area (Å²) in [6, 6.07) is 9.08. The smallest absolute Gasteiger partial charge is 0.333 e. The molecule has 0 spiro atoms. The van der Waals surface area contributed by atoms with Crippen molar-refractivity contribution in [2.75, 3.05) is 6.61 Å². The van der Waals surface area contributed by atoms with Crippen molar-refractivity contribution in [1.82, 2.24) is 0 Å². The molecular weight excluding hydrogens is 324 g/mol. The molecule has 0 atom stereocenters. The van der Waals surface area contributed by atoms with E-state index in [0.717, 1.165) is 5.56 Å². The minimum Gasteiger partial charge on any atom is -0.462 e. The number of hydrogen-bond acceptors (Lipinski definition) is 6. The maximum atomic E-state index is 12.7. The second kappa shape index (κ2) is 7.09. The van der Waals surface area contributed by atoms with Crippen molar-refractivity contribution in [3.63, 3.8) is 0 Å². The highest BCUT2D eigenvalue weighted by atomic mass is 16.7. The minimum atomic E-state index is -1.55. The molecule has 2 rings (SSSR count). The number of cyclic esters (lactones) is 2. The Hall–Kier alpha value is -2.63. The molecular formula is C19H22O6. The van der Waals surface area contributed by atoms with Gasteiger partial charge in [-0.15, -0.1) is 0 Å². The largest absolute Gasteiger partial charge is 0.462 e. The Labute approximate surface area is 146 Å². The lowest BCUT2D eigenvalue weighted by atomic mass is 9.78. The Morgan fingerprint density at radius 3 is 2.20 bits per heavy atom. The first-order valence-corrected chi connectivity index (χ1v) is 8.00. The van der Waals surface area contributed by atoms with Gasteiger partial charge in [0.25, 0.3) is 5.79 Å². The third-order valence-corrected chi connectivity index (χ3v) is 3.92. The monoisotopic (exact) mass is 346 g/mol. The first-order valence-electron chi connectivity index (χ1n) is 8.00. The number of ether oxygens (including phenoxy) is 3. The fourth-order valence-corrected chi connectivity index (χ4v) is 2.57. The molecule has 0 aromatic heterocycles. The fourth-order valence-electron chi connectivity index (χ4n) is 2.57. The summed E-state index contributed by atoms with van der Waals surface area (Å²) in [6.07, 6.45) is 0.0703. The van der Waals surface area contributed by atoms with E-state index in [2.05, 4.69) is 6.58 Å². The van der Waals surface area contributed by atoms with Crippen LogP contribution in [0.15, 0.2) is 42.5 Å². The van der Waals surface area contributed by atoms with E-state index in [1.54, 1.807) is 0 Å². The lowest BCUT2D eigenvalue weighted by Crippen LogP contribution is -2.55. The van der Waals surface area contributed by atoms with Crippen molar-refractivity contribution >= 4 is 17.9 Å². The van der Waals surface area contributed by atoms with Crippen molar-refractivity contribution < 1.29 is 28.6 Å². The van der Waals surface area contributed by atoms with Gasteiger partial charge in [-0.05, 0) is 18.9 Å². The Bertz CT molecular complexity index is 669. The van der Waals surface area contributed by atoms with Gasteiger partial charge in [0.15, 0.2) is 5.41 Å². The molecule has 1 aromatic carbocycles. The van der Waals surface area contributed by atoms with Gasteiger partial charge in [0.05, 0.1) is 6.61 Å². The van der Waals surface area contributed by atoms with Gasteiger partial charge in [-0.3, -0.25) is 9.59 Å². The second-order valence-electron chi connectivity index (χ2n) is 6.59. The molecule has 0 aliphatic carbocycles. The van der Waals surface area contributed by atoms with Crippen LogP contribution in [0.25, 0.3) is 0 Å². The van der Waals surface area contributed by atoms with E-state index in [0.29, 0.717) is 0 Å². The summed E-state index contributed by atoms with van der Waals surface area (Å²) in [4.78, 5) is 36.9. The first kappa shape index (κ1) is 18.7. The molecule has 1 aliphatic heterocycles. The van der Waals surface area contributed by atoms with Crippen LogP contribution >= 0.6 is 0 Å². The average molecular weight is 346 g/mol. The highest BCUT2D eigenvalue weighted by Gasteiger charge is 2.56. The van der Waals surface area contributed by atoms with Crippen LogP contribution in [0.2, 0.25) is 0 Å². The van der Waals surface area contributed by atoms with Gasteiger partial charge in [0, 0.05) is 25.8 Å². The van der Waals surface area contributed by atoms with E-state index in [1.807, 2.05) is 30.3 Å². The van der Waals surface area contributed by atoms with Crippen LogP contribution in [-0.2, 0) is 35.0 Å². The summed E-state index contributed by atoms with van der Waals surface area (Å²) in [7, 11) is 0. The molecule has 1 fully saturated rings. The number of rotatable bonds is 6. The normalized spacial score (nSPS) is 18.0. The van der Waals surface area contributed by atoms with E-state index in [4.69, 9.17) is 14.2 Å². The standard InChI is InChI=1S/C19H22O6/c1-13(2)15(20)23-11-10-19(12-14-8-6-5-7-9-14)16(21)24-18(3,4)25-17(19)22/h5-9H,1,10-12H2,2-4H3. The molecule has 0 unspecified atom stereocenters. The van der Waals surface area contributed by atoms with Gasteiger partial charge in [-0.2, -0.15) is 0 Å². The maximum absolute atomic E-state index is 12.7. The van der Waals surface area contributed by atoms with Gasteiger partial charge < -0.3 is 14.2 Å².